The quantitative estimate of drug-likeness (QED) is 0.124. The van der Waals surface area contributed by atoms with E-state index in [1.165, 1.54) is 48.8 Å². The van der Waals surface area contributed by atoms with Gasteiger partial charge in [-0.3, -0.25) is 23.6 Å². The van der Waals surface area contributed by atoms with Gasteiger partial charge in [-0.05, 0) is 75.8 Å². The monoisotopic (exact) mass is 829 g/mol. The topological polar surface area (TPSA) is 170 Å². The molecule has 1 fully saturated rings. The molecule has 0 bridgehead atoms. The summed E-state index contributed by atoms with van der Waals surface area (Å²) in [6.45, 7) is -1.66. The molecule has 0 unspecified atom stereocenters. The van der Waals surface area contributed by atoms with Gasteiger partial charge in [0.25, 0.3) is 11.8 Å². The van der Waals surface area contributed by atoms with Crippen molar-refractivity contribution in [3.63, 3.8) is 0 Å². The van der Waals surface area contributed by atoms with Gasteiger partial charge in [-0.1, -0.05) is 29.3 Å². The lowest BCUT2D eigenvalue weighted by atomic mass is 10.0. The standard InChI is InChI=1S/C36H41Cl2F2N5O8S.H2O/c1-42(2)11-12-43(3)13-14-45(54(4,49)50)24-8-9-25-26(16-24)35(48)44(34(25)47)20-33(46)52-31(17-27-28(37)18-41-19-29(27)38)23-7-10-30(53-36(39)40)32(15-23)51-21-22-5-6-22;/h7-10,15-16,18-19,22,31,36H,5-6,11-14,17,20-21H2,1-4H3;1H2/t31-;/m0./s1. The van der Waals surface area contributed by atoms with Crippen molar-refractivity contribution < 1.29 is 56.3 Å². The number of pyridine rings is 1. The first-order chi connectivity index (χ1) is 25.5. The van der Waals surface area contributed by atoms with Crippen LogP contribution in [0.25, 0.3) is 0 Å². The molecule has 55 heavy (non-hydrogen) atoms. The number of alkyl halides is 2. The number of fused-ring (bicyclic) bond motifs is 1. The van der Waals surface area contributed by atoms with Crippen molar-refractivity contribution in [1.29, 1.82) is 0 Å². The first-order valence-electron chi connectivity index (χ1n) is 17.1. The number of nitrogens with zero attached hydrogens (tertiary/aromatic N) is 4. The predicted octanol–water partition coefficient (Wildman–Crippen LogP) is 4.40. The second-order valence-electron chi connectivity index (χ2n) is 13.5. The van der Waals surface area contributed by atoms with Crippen LogP contribution < -0.4 is 18.8 Å². The number of rotatable bonds is 19. The number of amides is 2. The third kappa shape index (κ3) is 11.5. The highest BCUT2D eigenvalue weighted by Crippen LogP contribution is 2.38. The molecule has 300 valence electrons. The number of imide groups is 1. The Kier molecular flexibility index (Phi) is 14.8. The number of benzene rings is 2. The Labute approximate surface area is 328 Å². The maximum atomic E-state index is 13.6. The van der Waals surface area contributed by atoms with Gasteiger partial charge in [0.15, 0.2) is 23.9 Å². The number of aromatic nitrogens is 1. The zero-order chi connectivity index (χ0) is 39.3. The third-order valence-corrected chi connectivity index (χ3v) is 10.8. The van der Waals surface area contributed by atoms with Crippen LogP contribution in [0, 0.1) is 5.92 Å². The first kappa shape index (κ1) is 43.6. The van der Waals surface area contributed by atoms with Crippen LogP contribution in [0.2, 0.25) is 10.0 Å². The predicted molar refractivity (Wildman–Crippen MR) is 199 cm³/mol. The Bertz CT molecular complexity index is 1970. The number of carbonyl (C=O) groups excluding carboxylic acids is 3. The lowest BCUT2D eigenvalue weighted by Gasteiger charge is -2.26. The fourth-order valence-corrected chi connectivity index (χ4v) is 7.18. The highest BCUT2D eigenvalue weighted by molar-refractivity contribution is 7.92. The molecule has 1 aliphatic heterocycles. The lowest BCUT2D eigenvalue weighted by Crippen LogP contribution is -2.39. The third-order valence-electron chi connectivity index (χ3n) is 8.93. The zero-order valence-electron chi connectivity index (χ0n) is 30.6. The van der Waals surface area contributed by atoms with E-state index in [-0.39, 0.29) is 69.3 Å². The molecule has 2 aromatic carbocycles. The van der Waals surface area contributed by atoms with E-state index < -0.39 is 47.1 Å². The lowest BCUT2D eigenvalue weighted by molar-refractivity contribution is -0.377. The SMILES string of the molecule is CN(C)CCN(C)CCN(c1ccc2c(c1)C(=O)N(CC(=O)O[C@@H](Cc1c(Cl)c[nH+]cc1Cl)c1ccc(OC(F)F)c(OCC3CC3)c1)C2=O)S(C)(=O)=O.[OH-]. The fraction of sp³-hybridized carbons (Fsp3) is 0.444. The van der Waals surface area contributed by atoms with Gasteiger partial charge in [0.05, 0.1) is 29.7 Å². The number of carbonyl (C=O) groups is 3. The number of likely N-dealkylation sites (N-methyl/N-ethyl adjacent to an activating group) is 2. The normalized spacial score (nSPS) is 14.6. The zero-order valence-corrected chi connectivity index (χ0v) is 33.0. The molecule has 3 aromatic rings. The molecule has 14 nitrogen and oxygen atoms in total. The second-order valence-corrected chi connectivity index (χ2v) is 16.2. The Morgan fingerprint density at radius 1 is 0.945 bits per heavy atom. The van der Waals surface area contributed by atoms with Crippen LogP contribution >= 0.6 is 23.2 Å². The summed E-state index contributed by atoms with van der Waals surface area (Å²) in [5, 5.41) is 0.455. The molecule has 2 N–H and O–H groups in total. The number of halogens is 4. The minimum Gasteiger partial charge on any atom is -0.870 e. The molecule has 2 amide bonds. The van der Waals surface area contributed by atoms with Crippen LogP contribution in [0.4, 0.5) is 14.5 Å². The van der Waals surface area contributed by atoms with Gasteiger partial charge in [0, 0.05) is 38.2 Å². The van der Waals surface area contributed by atoms with Gasteiger partial charge >= 0.3 is 12.6 Å². The molecule has 1 saturated carbocycles. The number of ether oxygens (including phenoxy) is 3. The van der Waals surface area contributed by atoms with E-state index in [0.29, 0.717) is 24.2 Å². The van der Waals surface area contributed by atoms with E-state index in [1.54, 1.807) is 0 Å². The van der Waals surface area contributed by atoms with Crippen LogP contribution in [0.15, 0.2) is 48.8 Å². The van der Waals surface area contributed by atoms with Gasteiger partial charge in [0.2, 0.25) is 10.0 Å². The van der Waals surface area contributed by atoms with Crippen molar-refractivity contribution in [3.8, 4) is 11.5 Å². The van der Waals surface area contributed by atoms with Crippen LogP contribution in [0.1, 0.15) is 50.8 Å². The Balaban J connectivity index is 0.00000673. The van der Waals surface area contributed by atoms with Gasteiger partial charge in [-0.15, -0.1) is 0 Å². The molecule has 0 saturated heterocycles. The minimum absolute atomic E-state index is 0. The van der Waals surface area contributed by atoms with Crippen molar-refractivity contribution in [3.05, 3.63) is 81.1 Å². The van der Waals surface area contributed by atoms with E-state index >= 15 is 0 Å². The van der Waals surface area contributed by atoms with Crippen LogP contribution in [-0.4, -0.2) is 120 Å². The summed E-state index contributed by atoms with van der Waals surface area (Å²) in [5.74, 6) is -2.46. The largest absolute Gasteiger partial charge is 0.870 e. The van der Waals surface area contributed by atoms with Gasteiger partial charge in [0.1, 0.15) is 22.7 Å². The Hall–Kier alpha value is -4.13. The van der Waals surface area contributed by atoms with Crippen molar-refractivity contribution in [2.24, 2.45) is 5.92 Å². The van der Waals surface area contributed by atoms with Crippen LogP contribution in [0.5, 0.6) is 11.5 Å². The van der Waals surface area contributed by atoms with E-state index in [9.17, 15) is 31.6 Å². The highest BCUT2D eigenvalue weighted by Gasteiger charge is 2.38. The summed E-state index contributed by atoms with van der Waals surface area (Å²) in [6, 6.07) is 8.25. The summed E-state index contributed by atoms with van der Waals surface area (Å²) in [7, 11) is 1.97. The highest BCUT2D eigenvalue weighted by atomic mass is 35.5. The average molecular weight is 831 g/mol. The van der Waals surface area contributed by atoms with Crippen molar-refractivity contribution in [2.75, 3.05) is 71.0 Å². The van der Waals surface area contributed by atoms with Crippen LogP contribution in [0.3, 0.4) is 0 Å². The molecule has 1 aromatic heterocycles. The summed E-state index contributed by atoms with van der Waals surface area (Å²) in [4.78, 5) is 48.1. The smallest absolute Gasteiger partial charge is 0.387 e. The molecule has 2 heterocycles. The van der Waals surface area contributed by atoms with E-state index in [2.05, 4.69) is 9.72 Å². The summed E-state index contributed by atoms with van der Waals surface area (Å²) in [6.07, 6.45) is 4.68. The van der Waals surface area contributed by atoms with Crippen molar-refractivity contribution >= 4 is 56.7 Å². The second kappa shape index (κ2) is 18.7. The molecule has 0 spiro atoms. The summed E-state index contributed by atoms with van der Waals surface area (Å²) in [5.41, 5.74) is 0.834. The number of hydrogen-bond donors (Lipinski definition) is 0. The number of anilines is 1. The Morgan fingerprint density at radius 2 is 1.60 bits per heavy atom. The molecular weight excluding hydrogens is 787 g/mol. The average Bonchev–Trinajstić information content (AvgIpc) is 3.90. The molecule has 0 radical (unpaired) electrons. The minimum atomic E-state index is -3.78. The molecule has 19 heteroatoms. The number of H-pyrrole nitrogens is 1. The summed E-state index contributed by atoms with van der Waals surface area (Å²) >= 11 is 12.9. The van der Waals surface area contributed by atoms with Gasteiger partial charge < -0.3 is 29.5 Å². The van der Waals surface area contributed by atoms with Crippen molar-refractivity contribution in [2.45, 2.75) is 32.0 Å². The first-order valence-corrected chi connectivity index (χ1v) is 19.7. The number of esters is 1. The molecular formula is C36H43Cl2F2N5O9S. The molecule has 1 atom stereocenters. The molecule has 1 aliphatic carbocycles. The van der Waals surface area contributed by atoms with Gasteiger partial charge in [-0.25, -0.2) is 13.4 Å². The van der Waals surface area contributed by atoms with Crippen LogP contribution in [-0.2, 0) is 26.0 Å². The van der Waals surface area contributed by atoms with E-state index in [4.69, 9.17) is 32.7 Å². The van der Waals surface area contributed by atoms with Gasteiger partial charge in [-0.2, -0.15) is 8.78 Å². The number of aromatic amines is 1. The maximum Gasteiger partial charge on any atom is 0.387 e. The van der Waals surface area contributed by atoms with E-state index in [1.807, 2.05) is 30.9 Å². The maximum absolute atomic E-state index is 13.6. The Morgan fingerprint density at radius 3 is 2.22 bits per heavy atom. The van der Waals surface area contributed by atoms with E-state index in [0.717, 1.165) is 34.8 Å². The fourth-order valence-electron chi connectivity index (χ4n) is 5.74. The molecule has 5 rings (SSSR count). The number of hydrogen-bond acceptors (Lipinski definition) is 11. The number of nitrogens with one attached hydrogen (secondary N) is 1. The number of sulfonamides is 1. The summed E-state index contributed by atoms with van der Waals surface area (Å²) < 4.78 is 69.6. The van der Waals surface area contributed by atoms with Crippen molar-refractivity contribution in [1.82, 2.24) is 14.7 Å². The molecule has 2 aliphatic rings.